The molecule has 150 valence electrons. The van der Waals surface area contributed by atoms with Crippen molar-refractivity contribution in [3.8, 4) is 5.75 Å². The standard InChI is InChI=1S/C24H32N2O2/c1-19-9-11-20(12-10-19)13-14-24(27)25-18-23(26-15-4-3-5-16-26)21-7-6-8-22(17-21)28-2/h6-12,17,23H,3-5,13-16,18H2,1-2H3,(H,25,27). The monoisotopic (exact) mass is 380 g/mol. The number of methoxy groups -OCH3 is 1. The summed E-state index contributed by atoms with van der Waals surface area (Å²) in [6.07, 6.45) is 5.04. The van der Waals surface area contributed by atoms with Crippen LogP contribution >= 0.6 is 0 Å². The summed E-state index contributed by atoms with van der Waals surface area (Å²) in [5.74, 6) is 0.982. The number of hydrogen-bond acceptors (Lipinski definition) is 3. The SMILES string of the molecule is COc1cccc(C(CNC(=O)CCc2ccc(C)cc2)N2CCCCC2)c1. The number of nitrogens with one attached hydrogen (secondary N) is 1. The Bertz CT molecular complexity index is 751. The van der Waals surface area contributed by atoms with Gasteiger partial charge in [-0.3, -0.25) is 9.69 Å². The lowest BCUT2D eigenvalue weighted by molar-refractivity contribution is -0.121. The topological polar surface area (TPSA) is 41.6 Å². The van der Waals surface area contributed by atoms with Crippen molar-refractivity contribution in [2.24, 2.45) is 0 Å². The van der Waals surface area contributed by atoms with Gasteiger partial charge in [-0.05, 0) is 62.5 Å². The number of nitrogens with zero attached hydrogens (tertiary/aromatic N) is 1. The summed E-state index contributed by atoms with van der Waals surface area (Å²) in [6.45, 7) is 4.89. The Morgan fingerprint density at radius 3 is 2.57 bits per heavy atom. The molecule has 0 radical (unpaired) electrons. The Morgan fingerprint density at radius 2 is 1.86 bits per heavy atom. The highest BCUT2D eigenvalue weighted by Gasteiger charge is 2.23. The molecule has 0 aliphatic carbocycles. The predicted molar refractivity (Wildman–Crippen MR) is 114 cm³/mol. The van der Waals surface area contributed by atoms with Gasteiger partial charge < -0.3 is 10.1 Å². The molecule has 4 nitrogen and oxygen atoms in total. The molecular formula is C24H32N2O2. The van der Waals surface area contributed by atoms with Gasteiger partial charge in [-0.2, -0.15) is 0 Å². The number of benzene rings is 2. The number of piperidine rings is 1. The summed E-state index contributed by atoms with van der Waals surface area (Å²) >= 11 is 0. The zero-order valence-corrected chi connectivity index (χ0v) is 17.1. The molecule has 28 heavy (non-hydrogen) atoms. The summed E-state index contributed by atoms with van der Waals surface area (Å²) < 4.78 is 5.41. The minimum atomic E-state index is 0.116. The third-order valence-electron chi connectivity index (χ3n) is 5.56. The molecule has 1 N–H and O–H groups in total. The molecule has 1 amide bonds. The van der Waals surface area contributed by atoms with Crippen LogP contribution in [0.1, 0.15) is 48.4 Å². The van der Waals surface area contributed by atoms with E-state index in [0.29, 0.717) is 13.0 Å². The van der Waals surface area contributed by atoms with Crippen molar-refractivity contribution in [3.63, 3.8) is 0 Å². The van der Waals surface area contributed by atoms with Gasteiger partial charge in [0.25, 0.3) is 0 Å². The first-order valence-corrected chi connectivity index (χ1v) is 10.4. The zero-order chi connectivity index (χ0) is 19.8. The molecule has 0 saturated carbocycles. The molecule has 1 atom stereocenters. The molecule has 2 aromatic carbocycles. The number of aryl methyl sites for hydroxylation is 2. The van der Waals surface area contributed by atoms with Crippen LogP contribution in [0.2, 0.25) is 0 Å². The largest absolute Gasteiger partial charge is 0.497 e. The second-order valence-corrected chi connectivity index (χ2v) is 7.68. The molecule has 3 rings (SSSR count). The minimum absolute atomic E-state index is 0.116. The van der Waals surface area contributed by atoms with Crippen LogP contribution in [0, 0.1) is 6.92 Å². The van der Waals surface area contributed by atoms with Gasteiger partial charge in [0.05, 0.1) is 13.2 Å². The number of carbonyl (C=O) groups excluding carboxylic acids is 1. The zero-order valence-electron chi connectivity index (χ0n) is 17.1. The highest BCUT2D eigenvalue weighted by atomic mass is 16.5. The van der Waals surface area contributed by atoms with E-state index in [4.69, 9.17) is 4.74 Å². The van der Waals surface area contributed by atoms with E-state index in [1.807, 2.05) is 12.1 Å². The maximum absolute atomic E-state index is 12.5. The van der Waals surface area contributed by atoms with E-state index in [-0.39, 0.29) is 11.9 Å². The van der Waals surface area contributed by atoms with Crippen LogP contribution in [0.3, 0.4) is 0 Å². The fourth-order valence-electron chi connectivity index (χ4n) is 3.85. The van der Waals surface area contributed by atoms with Crippen LogP contribution < -0.4 is 10.1 Å². The van der Waals surface area contributed by atoms with Crippen LogP contribution in [0.15, 0.2) is 48.5 Å². The lowest BCUT2D eigenvalue weighted by Crippen LogP contribution is -2.40. The summed E-state index contributed by atoms with van der Waals surface area (Å²) in [5.41, 5.74) is 3.66. The summed E-state index contributed by atoms with van der Waals surface area (Å²) in [6, 6.07) is 16.8. The molecule has 0 bridgehead atoms. The van der Waals surface area contributed by atoms with E-state index in [0.717, 1.165) is 25.3 Å². The van der Waals surface area contributed by atoms with Crippen LogP contribution in [0.4, 0.5) is 0 Å². The number of hydrogen-bond donors (Lipinski definition) is 1. The first-order valence-electron chi connectivity index (χ1n) is 10.4. The van der Waals surface area contributed by atoms with Gasteiger partial charge in [-0.15, -0.1) is 0 Å². The smallest absolute Gasteiger partial charge is 0.220 e. The molecule has 1 aliphatic heterocycles. The first-order chi connectivity index (χ1) is 13.7. The highest BCUT2D eigenvalue weighted by Crippen LogP contribution is 2.26. The third kappa shape index (κ3) is 5.83. The Morgan fingerprint density at radius 1 is 1.11 bits per heavy atom. The lowest BCUT2D eigenvalue weighted by Gasteiger charge is -2.35. The van der Waals surface area contributed by atoms with Crippen molar-refractivity contribution in [1.82, 2.24) is 10.2 Å². The molecule has 0 spiro atoms. The van der Waals surface area contributed by atoms with Gasteiger partial charge in [-0.1, -0.05) is 48.4 Å². The minimum Gasteiger partial charge on any atom is -0.497 e. The summed E-state index contributed by atoms with van der Waals surface area (Å²) in [4.78, 5) is 15.0. The van der Waals surface area contributed by atoms with Gasteiger partial charge in [0.15, 0.2) is 0 Å². The molecule has 1 saturated heterocycles. The van der Waals surface area contributed by atoms with Crippen molar-refractivity contribution >= 4 is 5.91 Å². The summed E-state index contributed by atoms with van der Waals surface area (Å²) in [7, 11) is 1.70. The molecule has 1 unspecified atom stereocenters. The average Bonchev–Trinajstić information content (AvgIpc) is 2.74. The predicted octanol–water partition coefficient (Wildman–Crippen LogP) is 4.28. The van der Waals surface area contributed by atoms with E-state index in [2.05, 4.69) is 53.5 Å². The normalized spacial score (nSPS) is 15.8. The molecule has 1 fully saturated rings. The van der Waals surface area contributed by atoms with Gasteiger partial charge in [-0.25, -0.2) is 0 Å². The number of carbonyl (C=O) groups is 1. The Labute approximate surface area is 168 Å². The van der Waals surface area contributed by atoms with E-state index < -0.39 is 0 Å². The van der Waals surface area contributed by atoms with E-state index in [9.17, 15) is 4.79 Å². The Hall–Kier alpha value is -2.33. The molecule has 1 aliphatic rings. The highest BCUT2D eigenvalue weighted by molar-refractivity contribution is 5.76. The summed E-state index contributed by atoms with van der Waals surface area (Å²) in [5, 5.41) is 3.18. The number of rotatable bonds is 8. The van der Waals surface area contributed by atoms with E-state index in [1.165, 1.54) is 36.0 Å². The van der Waals surface area contributed by atoms with Crippen LogP contribution in [-0.2, 0) is 11.2 Å². The van der Waals surface area contributed by atoms with Gasteiger partial charge in [0.1, 0.15) is 5.75 Å². The van der Waals surface area contributed by atoms with E-state index >= 15 is 0 Å². The van der Waals surface area contributed by atoms with Gasteiger partial charge in [0.2, 0.25) is 5.91 Å². The van der Waals surface area contributed by atoms with Crippen molar-refractivity contribution in [2.75, 3.05) is 26.7 Å². The lowest BCUT2D eigenvalue weighted by atomic mass is 10.0. The fraction of sp³-hybridized carbons (Fsp3) is 0.458. The van der Waals surface area contributed by atoms with E-state index in [1.54, 1.807) is 7.11 Å². The van der Waals surface area contributed by atoms with Gasteiger partial charge >= 0.3 is 0 Å². The van der Waals surface area contributed by atoms with Crippen molar-refractivity contribution < 1.29 is 9.53 Å². The quantitative estimate of drug-likeness (QED) is 0.743. The number of likely N-dealkylation sites (tertiary alicyclic amines) is 1. The Kier molecular flexibility index (Phi) is 7.49. The van der Waals surface area contributed by atoms with Crippen LogP contribution in [0.5, 0.6) is 5.75 Å². The number of amides is 1. The molecule has 1 heterocycles. The van der Waals surface area contributed by atoms with Crippen LogP contribution in [0.25, 0.3) is 0 Å². The van der Waals surface area contributed by atoms with Crippen LogP contribution in [-0.4, -0.2) is 37.6 Å². The van der Waals surface area contributed by atoms with Gasteiger partial charge in [0, 0.05) is 13.0 Å². The number of ether oxygens (including phenoxy) is 1. The second kappa shape index (κ2) is 10.3. The maximum atomic E-state index is 12.5. The fourth-order valence-corrected chi connectivity index (χ4v) is 3.85. The second-order valence-electron chi connectivity index (χ2n) is 7.68. The van der Waals surface area contributed by atoms with Crippen molar-refractivity contribution in [1.29, 1.82) is 0 Å². The average molecular weight is 381 g/mol. The molecule has 4 heteroatoms. The first kappa shape index (κ1) is 20.4. The molecule has 0 aromatic heterocycles. The molecular weight excluding hydrogens is 348 g/mol. The molecule has 2 aromatic rings. The Balaban J connectivity index is 1.60. The third-order valence-corrected chi connectivity index (χ3v) is 5.56. The maximum Gasteiger partial charge on any atom is 0.220 e. The van der Waals surface area contributed by atoms with Crippen molar-refractivity contribution in [2.45, 2.75) is 45.1 Å². The van der Waals surface area contributed by atoms with Crippen molar-refractivity contribution in [3.05, 3.63) is 65.2 Å².